The lowest BCUT2D eigenvalue weighted by molar-refractivity contribution is 0.518. The van der Waals surface area contributed by atoms with Crippen molar-refractivity contribution in [2.75, 3.05) is 6.26 Å². The summed E-state index contributed by atoms with van der Waals surface area (Å²) < 4.78 is 23.2. The van der Waals surface area contributed by atoms with Crippen molar-refractivity contribution in [3.05, 3.63) is 60.7 Å². The van der Waals surface area contributed by atoms with Gasteiger partial charge in [0.05, 0.1) is 9.79 Å². The van der Waals surface area contributed by atoms with Crippen LogP contribution < -0.4 is 0 Å². The Morgan fingerprint density at radius 1 is 1.00 bits per heavy atom. The van der Waals surface area contributed by atoms with Gasteiger partial charge in [-0.2, -0.15) is 4.21 Å². The quantitative estimate of drug-likeness (QED) is 0.866. The first-order valence-corrected chi connectivity index (χ1v) is 7.23. The molecular formula is C13H13O2S. The molecule has 1 radical (unpaired) electrons. The van der Waals surface area contributed by atoms with E-state index in [-0.39, 0.29) is 0 Å². The van der Waals surface area contributed by atoms with Crippen LogP contribution in [-0.2, 0) is 9.35 Å². The molecule has 0 atom stereocenters. The maximum Gasteiger partial charge on any atom is 0.0588 e. The topological polar surface area (TPSA) is 37.3 Å². The van der Waals surface area contributed by atoms with E-state index in [0.717, 1.165) is 0 Å². The van der Waals surface area contributed by atoms with E-state index < -0.39 is 9.35 Å². The van der Waals surface area contributed by atoms with Crippen molar-refractivity contribution in [2.24, 2.45) is 0 Å². The average molecular weight is 233 g/mol. The number of benzene rings is 2. The molecule has 16 heavy (non-hydrogen) atoms. The van der Waals surface area contributed by atoms with Gasteiger partial charge in [-0.15, -0.1) is 9.35 Å². The molecule has 0 aliphatic rings. The fraction of sp³-hybridized carbons (Fsp3) is 0.0769. The summed E-state index contributed by atoms with van der Waals surface area (Å²) in [5, 5.41) is 0. The SMILES string of the molecule is CS(=O)(O)(c1cc[c]cc1)c1ccccc1. The average Bonchev–Trinajstić information content (AvgIpc) is 2.31. The molecule has 0 saturated heterocycles. The Balaban J connectivity index is 2.65. The molecule has 1 N–H and O–H groups in total. The van der Waals surface area contributed by atoms with Gasteiger partial charge in [-0.25, -0.2) is 0 Å². The van der Waals surface area contributed by atoms with E-state index in [1.165, 1.54) is 6.26 Å². The van der Waals surface area contributed by atoms with Crippen LogP contribution in [0.5, 0.6) is 0 Å². The molecule has 0 aliphatic heterocycles. The minimum atomic E-state index is -3.93. The minimum absolute atomic E-state index is 0.418. The van der Waals surface area contributed by atoms with Crippen molar-refractivity contribution in [3.63, 3.8) is 0 Å². The van der Waals surface area contributed by atoms with E-state index in [4.69, 9.17) is 0 Å². The van der Waals surface area contributed by atoms with Gasteiger partial charge in [0.25, 0.3) is 0 Å². The summed E-state index contributed by atoms with van der Waals surface area (Å²) in [4.78, 5) is 0.854. The molecule has 2 aromatic carbocycles. The van der Waals surface area contributed by atoms with Crippen LogP contribution in [0.2, 0.25) is 0 Å². The second-order valence-corrected chi connectivity index (χ2v) is 7.34. The molecular weight excluding hydrogens is 220 g/mol. The minimum Gasteiger partial charge on any atom is -0.295 e. The van der Waals surface area contributed by atoms with Crippen LogP contribution >= 0.6 is 0 Å². The van der Waals surface area contributed by atoms with Crippen LogP contribution in [-0.4, -0.2) is 15.0 Å². The second kappa shape index (κ2) is 3.54. The highest BCUT2D eigenvalue weighted by molar-refractivity contribution is 8.14. The first-order chi connectivity index (χ1) is 7.49. The molecule has 0 fully saturated rings. The normalized spacial score (nSPS) is 14.0. The summed E-state index contributed by atoms with van der Waals surface area (Å²) in [6, 6.07) is 18.1. The molecule has 83 valence electrons. The molecule has 0 aliphatic carbocycles. The first-order valence-electron chi connectivity index (χ1n) is 4.90. The maximum atomic E-state index is 12.7. The Morgan fingerprint density at radius 3 is 2.06 bits per heavy atom. The monoisotopic (exact) mass is 233 g/mol. The second-order valence-electron chi connectivity index (χ2n) is 3.83. The van der Waals surface area contributed by atoms with Gasteiger partial charge in [0.1, 0.15) is 0 Å². The van der Waals surface area contributed by atoms with E-state index in [9.17, 15) is 8.76 Å². The summed E-state index contributed by atoms with van der Waals surface area (Å²) in [6.45, 7) is 0. The molecule has 2 nitrogen and oxygen atoms in total. The standard InChI is InChI=1S/C13H13O2S/c1-16(14,15,12-8-4-2-5-9-12)13-10-6-3-7-11-13/h2,4-11H,1H3,(H,14,15). The zero-order chi connectivity index (χ0) is 11.7. The van der Waals surface area contributed by atoms with Gasteiger partial charge < -0.3 is 0 Å². The number of rotatable bonds is 2. The molecule has 0 saturated carbocycles. The first kappa shape index (κ1) is 11.0. The Bertz CT molecular complexity index is 495. The van der Waals surface area contributed by atoms with E-state index in [2.05, 4.69) is 6.07 Å². The summed E-state index contributed by atoms with van der Waals surface area (Å²) in [7, 11) is -3.93. The van der Waals surface area contributed by atoms with Crippen molar-refractivity contribution in [1.29, 1.82) is 0 Å². The largest absolute Gasteiger partial charge is 0.295 e. The zero-order valence-corrected chi connectivity index (χ0v) is 9.78. The van der Waals surface area contributed by atoms with Crippen LogP contribution in [0.4, 0.5) is 0 Å². The van der Waals surface area contributed by atoms with Gasteiger partial charge in [0.15, 0.2) is 0 Å². The summed E-state index contributed by atoms with van der Waals surface area (Å²) in [5.41, 5.74) is 0. The highest BCUT2D eigenvalue weighted by Crippen LogP contribution is 2.37. The van der Waals surface area contributed by atoms with E-state index in [1.54, 1.807) is 48.5 Å². The fourth-order valence-corrected chi connectivity index (χ4v) is 3.42. The summed E-state index contributed by atoms with van der Waals surface area (Å²) in [5.74, 6) is 0. The molecule has 3 heteroatoms. The van der Waals surface area contributed by atoms with Crippen LogP contribution in [0.25, 0.3) is 0 Å². The Labute approximate surface area is 95.2 Å². The highest BCUT2D eigenvalue weighted by Gasteiger charge is 2.26. The predicted octanol–water partition coefficient (Wildman–Crippen LogP) is 2.83. The third-order valence-electron chi connectivity index (χ3n) is 2.54. The van der Waals surface area contributed by atoms with Crippen LogP contribution in [0.3, 0.4) is 0 Å². The third-order valence-corrected chi connectivity index (χ3v) is 5.31. The van der Waals surface area contributed by atoms with Gasteiger partial charge >= 0.3 is 0 Å². The van der Waals surface area contributed by atoms with Gasteiger partial charge in [0, 0.05) is 6.26 Å². The van der Waals surface area contributed by atoms with Crippen molar-refractivity contribution in [3.8, 4) is 0 Å². The lowest BCUT2D eigenvalue weighted by Crippen LogP contribution is -2.30. The number of hydrogen-bond acceptors (Lipinski definition) is 1. The Morgan fingerprint density at radius 2 is 1.50 bits per heavy atom. The van der Waals surface area contributed by atoms with Crippen molar-refractivity contribution >= 4 is 9.35 Å². The van der Waals surface area contributed by atoms with Gasteiger partial charge in [-0.05, 0) is 30.3 Å². The van der Waals surface area contributed by atoms with E-state index in [1.807, 2.05) is 6.07 Å². The van der Waals surface area contributed by atoms with E-state index in [0.29, 0.717) is 9.79 Å². The predicted molar refractivity (Wildman–Crippen MR) is 64.9 cm³/mol. The molecule has 0 spiro atoms. The maximum absolute atomic E-state index is 12.7. The van der Waals surface area contributed by atoms with Gasteiger partial charge in [-0.3, -0.25) is 4.55 Å². The third kappa shape index (κ3) is 1.79. The molecule has 0 aromatic heterocycles. The van der Waals surface area contributed by atoms with Crippen molar-refractivity contribution < 1.29 is 8.76 Å². The molecule has 0 amide bonds. The lowest BCUT2D eigenvalue weighted by Gasteiger charge is -2.39. The van der Waals surface area contributed by atoms with Crippen molar-refractivity contribution in [1.82, 2.24) is 0 Å². The molecule has 0 unspecified atom stereocenters. The van der Waals surface area contributed by atoms with Crippen LogP contribution in [0, 0.1) is 6.07 Å². The van der Waals surface area contributed by atoms with Crippen LogP contribution in [0.15, 0.2) is 64.4 Å². The molecule has 0 bridgehead atoms. The summed E-state index contributed by atoms with van der Waals surface area (Å²) >= 11 is 0. The van der Waals surface area contributed by atoms with Gasteiger partial charge in [0.2, 0.25) is 0 Å². The van der Waals surface area contributed by atoms with Crippen LogP contribution in [0.1, 0.15) is 0 Å². The summed E-state index contributed by atoms with van der Waals surface area (Å²) in [6.07, 6.45) is 1.38. The molecule has 0 heterocycles. The zero-order valence-electron chi connectivity index (χ0n) is 8.96. The van der Waals surface area contributed by atoms with E-state index >= 15 is 0 Å². The highest BCUT2D eigenvalue weighted by atomic mass is 32.3. The number of hydrogen-bond donors (Lipinski definition) is 1. The Hall–Kier alpha value is -1.45. The Kier molecular flexibility index (Phi) is 2.45. The fourth-order valence-electron chi connectivity index (χ4n) is 1.57. The van der Waals surface area contributed by atoms with Crippen molar-refractivity contribution in [2.45, 2.75) is 9.79 Å². The molecule has 2 rings (SSSR count). The molecule has 2 aromatic rings. The lowest BCUT2D eigenvalue weighted by atomic mass is 10.4. The smallest absolute Gasteiger partial charge is 0.0588 e. The van der Waals surface area contributed by atoms with Gasteiger partial charge in [-0.1, -0.05) is 30.3 Å².